The molecule has 0 spiro atoms. The second kappa shape index (κ2) is 30.1. The first kappa shape index (κ1) is 38.1. The molecule has 0 aliphatic carbocycles. The Hall–Kier alpha value is -0.910. The number of hydrogen-bond donors (Lipinski definition) is 4. The van der Waals surface area contributed by atoms with Crippen molar-refractivity contribution in [3.8, 4) is 0 Å². The molecular weight excluding hydrogens is 486 g/mol. The summed E-state index contributed by atoms with van der Waals surface area (Å²) in [4.78, 5) is 12.3. The fourth-order valence-electron chi connectivity index (χ4n) is 5.16. The zero-order valence-corrected chi connectivity index (χ0v) is 26.0. The van der Waals surface area contributed by atoms with Crippen LogP contribution < -0.4 is 5.32 Å². The summed E-state index contributed by atoms with van der Waals surface area (Å²) >= 11 is 0. The fraction of sp³-hybridized carbons (Fsp3) is 0.912. The van der Waals surface area contributed by atoms with Crippen molar-refractivity contribution < 1.29 is 20.1 Å². The minimum atomic E-state index is -0.921. The molecule has 0 heterocycles. The van der Waals surface area contributed by atoms with Crippen molar-refractivity contribution in [3.63, 3.8) is 0 Å². The molecule has 0 aromatic heterocycles. The number of aliphatic hydroxyl groups excluding tert-OH is 3. The van der Waals surface area contributed by atoms with Crippen molar-refractivity contribution in [2.45, 2.75) is 193 Å². The first-order valence-corrected chi connectivity index (χ1v) is 17.0. The Kier molecular flexibility index (Phi) is 29.4. The van der Waals surface area contributed by atoms with E-state index in [0.717, 1.165) is 25.7 Å². The van der Waals surface area contributed by atoms with Gasteiger partial charge in [0.05, 0.1) is 31.3 Å². The molecule has 5 heteroatoms. The lowest BCUT2D eigenvalue weighted by molar-refractivity contribution is -0.124. The topological polar surface area (TPSA) is 89.8 Å². The van der Waals surface area contributed by atoms with E-state index >= 15 is 0 Å². The summed E-state index contributed by atoms with van der Waals surface area (Å²) in [7, 11) is 0. The van der Waals surface area contributed by atoms with Gasteiger partial charge in [0.1, 0.15) is 0 Å². The summed E-state index contributed by atoms with van der Waals surface area (Å²) in [6, 6.07) is -0.736. The zero-order chi connectivity index (χ0) is 28.8. The Morgan fingerprint density at radius 1 is 0.641 bits per heavy atom. The Balaban J connectivity index is 3.77. The molecule has 5 nitrogen and oxygen atoms in total. The highest BCUT2D eigenvalue weighted by Crippen LogP contribution is 2.14. The van der Waals surface area contributed by atoms with Crippen molar-refractivity contribution in [2.24, 2.45) is 0 Å². The largest absolute Gasteiger partial charge is 0.394 e. The molecule has 39 heavy (non-hydrogen) atoms. The maximum atomic E-state index is 12.3. The predicted molar refractivity (Wildman–Crippen MR) is 167 cm³/mol. The SMILES string of the molecule is CCCCCCCCCCCCCC=CC(O)C(CO)NC(=O)CC(O)CCCCCCCCCCCCC. The van der Waals surface area contributed by atoms with Gasteiger partial charge in [-0.1, -0.05) is 161 Å². The van der Waals surface area contributed by atoms with Gasteiger partial charge in [0.15, 0.2) is 0 Å². The van der Waals surface area contributed by atoms with Gasteiger partial charge < -0.3 is 20.6 Å². The quantitative estimate of drug-likeness (QED) is 0.0530. The third kappa shape index (κ3) is 27.0. The molecule has 0 aliphatic rings. The molecule has 0 rings (SSSR count). The average molecular weight is 554 g/mol. The van der Waals surface area contributed by atoms with Crippen molar-refractivity contribution in [1.29, 1.82) is 0 Å². The van der Waals surface area contributed by atoms with Crippen LogP contribution in [0.3, 0.4) is 0 Å². The molecule has 0 aliphatic heterocycles. The van der Waals surface area contributed by atoms with E-state index in [0.29, 0.717) is 6.42 Å². The highest BCUT2D eigenvalue weighted by molar-refractivity contribution is 5.76. The van der Waals surface area contributed by atoms with Gasteiger partial charge in [-0.05, 0) is 19.3 Å². The van der Waals surface area contributed by atoms with E-state index in [9.17, 15) is 20.1 Å². The van der Waals surface area contributed by atoms with Crippen LogP contribution in [0.5, 0.6) is 0 Å². The molecule has 232 valence electrons. The van der Waals surface area contributed by atoms with Crippen LogP contribution in [0.25, 0.3) is 0 Å². The Morgan fingerprint density at radius 2 is 1.05 bits per heavy atom. The summed E-state index contributed by atoms with van der Waals surface area (Å²) in [5.74, 6) is -0.317. The molecule has 3 atom stereocenters. The first-order chi connectivity index (χ1) is 19.0. The van der Waals surface area contributed by atoms with Gasteiger partial charge in [-0.2, -0.15) is 0 Å². The minimum Gasteiger partial charge on any atom is -0.394 e. The van der Waals surface area contributed by atoms with Crippen molar-refractivity contribution in [3.05, 3.63) is 12.2 Å². The number of carbonyl (C=O) groups is 1. The standard InChI is InChI=1S/C34H67NO4/c1-3-5-7-9-11-13-15-16-18-20-22-24-26-28-33(38)32(30-36)35-34(39)29-31(37)27-25-23-21-19-17-14-12-10-8-6-4-2/h26,28,31-33,36-38H,3-25,27,29-30H2,1-2H3,(H,35,39). The van der Waals surface area contributed by atoms with Crippen LogP contribution in [0.4, 0.5) is 0 Å². The second-order valence-corrected chi connectivity index (χ2v) is 11.8. The van der Waals surface area contributed by atoms with Crippen LogP contribution in [0.15, 0.2) is 12.2 Å². The first-order valence-electron chi connectivity index (χ1n) is 17.0. The van der Waals surface area contributed by atoms with E-state index in [1.165, 1.54) is 122 Å². The second-order valence-electron chi connectivity index (χ2n) is 11.8. The van der Waals surface area contributed by atoms with E-state index in [2.05, 4.69) is 19.2 Å². The predicted octanol–water partition coefficient (Wildman–Crippen LogP) is 8.53. The lowest BCUT2D eigenvalue weighted by Gasteiger charge is -2.21. The van der Waals surface area contributed by atoms with E-state index < -0.39 is 18.2 Å². The van der Waals surface area contributed by atoms with E-state index in [1.54, 1.807) is 6.08 Å². The van der Waals surface area contributed by atoms with Crippen LogP contribution in [0.1, 0.15) is 174 Å². The van der Waals surface area contributed by atoms with Gasteiger partial charge in [-0.15, -0.1) is 0 Å². The van der Waals surface area contributed by atoms with Gasteiger partial charge in [0.25, 0.3) is 0 Å². The van der Waals surface area contributed by atoms with Gasteiger partial charge in [0.2, 0.25) is 5.91 Å². The summed E-state index contributed by atoms with van der Waals surface area (Å²) in [5.41, 5.74) is 0. The summed E-state index contributed by atoms with van der Waals surface area (Å²) in [5, 5.41) is 32.9. The number of rotatable bonds is 30. The maximum absolute atomic E-state index is 12.3. The average Bonchev–Trinajstić information content (AvgIpc) is 2.92. The monoisotopic (exact) mass is 554 g/mol. The Labute approximate surface area is 242 Å². The molecule has 1 amide bonds. The summed E-state index contributed by atoms with van der Waals surface area (Å²) in [6.45, 7) is 4.18. The molecule has 0 fully saturated rings. The lowest BCUT2D eigenvalue weighted by Crippen LogP contribution is -2.45. The highest BCUT2D eigenvalue weighted by atomic mass is 16.3. The number of nitrogens with one attached hydrogen (secondary N) is 1. The Bertz CT molecular complexity index is 539. The molecule has 0 aromatic rings. The Morgan fingerprint density at radius 3 is 1.49 bits per heavy atom. The van der Waals surface area contributed by atoms with E-state index in [4.69, 9.17) is 0 Å². The summed E-state index contributed by atoms with van der Waals surface area (Å²) in [6.07, 6.45) is 31.8. The maximum Gasteiger partial charge on any atom is 0.222 e. The number of hydrogen-bond acceptors (Lipinski definition) is 4. The minimum absolute atomic E-state index is 0.0173. The molecule has 0 saturated carbocycles. The number of allylic oxidation sites excluding steroid dienone is 1. The van der Waals surface area contributed by atoms with Crippen molar-refractivity contribution in [1.82, 2.24) is 5.32 Å². The van der Waals surface area contributed by atoms with Gasteiger partial charge in [0, 0.05) is 0 Å². The van der Waals surface area contributed by atoms with Crippen LogP contribution in [-0.4, -0.2) is 46.1 Å². The third-order valence-electron chi connectivity index (χ3n) is 7.82. The molecule has 0 saturated heterocycles. The zero-order valence-electron chi connectivity index (χ0n) is 26.0. The van der Waals surface area contributed by atoms with E-state index in [1.807, 2.05) is 6.08 Å². The molecule has 4 N–H and O–H groups in total. The van der Waals surface area contributed by atoms with Crippen LogP contribution >= 0.6 is 0 Å². The third-order valence-corrected chi connectivity index (χ3v) is 7.82. The molecule has 0 radical (unpaired) electrons. The lowest BCUT2D eigenvalue weighted by atomic mass is 10.0. The molecule has 3 unspecified atom stereocenters. The normalized spacial score (nSPS) is 14.1. The highest BCUT2D eigenvalue weighted by Gasteiger charge is 2.20. The molecule has 0 aromatic carbocycles. The smallest absolute Gasteiger partial charge is 0.222 e. The van der Waals surface area contributed by atoms with Gasteiger partial charge >= 0.3 is 0 Å². The van der Waals surface area contributed by atoms with Crippen LogP contribution in [0.2, 0.25) is 0 Å². The van der Waals surface area contributed by atoms with Gasteiger partial charge in [-0.25, -0.2) is 0 Å². The summed E-state index contributed by atoms with van der Waals surface area (Å²) < 4.78 is 0. The molecule has 0 bridgehead atoms. The number of unbranched alkanes of at least 4 members (excludes halogenated alkanes) is 21. The molecular formula is C34H67NO4. The number of carbonyl (C=O) groups excluding carboxylic acids is 1. The van der Waals surface area contributed by atoms with Crippen molar-refractivity contribution in [2.75, 3.05) is 6.61 Å². The van der Waals surface area contributed by atoms with Gasteiger partial charge in [-0.3, -0.25) is 4.79 Å². The van der Waals surface area contributed by atoms with Crippen molar-refractivity contribution >= 4 is 5.91 Å². The number of aliphatic hydroxyl groups is 3. The van der Waals surface area contributed by atoms with Crippen LogP contribution in [0, 0.1) is 0 Å². The van der Waals surface area contributed by atoms with Crippen LogP contribution in [-0.2, 0) is 4.79 Å². The fourth-order valence-corrected chi connectivity index (χ4v) is 5.16. The number of amides is 1. The van der Waals surface area contributed by atoms with E-state index in [-0.39, 0.29) is 18.9 Å².